The van der Waals surface area contributed by atoms with E-state index >= 15 is 0 Å². The number of hydrogen-bond donors (Lipinski definition) is 1. The van der Waals surface area contributed by atoms with Crippen molar-refractivity contribution in [2.24, 2.45) is 0 Å². The van der Waals surface area contributed by atoms with Gasteiger partial charge in [-0.25, -0.2) is 0 Å². The zero-order valence-electron chi connectivity index (χ0n) is 11.5. The molecule has 1 N–H and O–H groups in total. The summed E-state index contributed by atoms with van der Waals surface area (Å²) in [7, 11) is 0. The van der Waals surface area contributed by atoms with Crippen molar-refractivity contribution >= 4 is 22.4 Å². The smallest absolute Gasteiger partial charge is 0.127 e. The number of alkyl halides is 1. The van der Waals surface area contributed by atoms with E-state index in [4.69, 9.17) is 21.1 Å². The number of aliphatic hydroxyl groups is 1. The zero-order chi connectivity index (χ0) is 14.4. The molecular weight excluding hydrogens is 276 g/mol. The monoisotopic (exact) mass is 294 g/mol. The lowest BCUT2D eigenvalue weighted by molar-refractivity contribution is 0.105. The molecule has 0 saturated heterocycles. The van der Waals surface area contributed by atoms with Gasteiger partial charge in [-0.15, -0.1) is 11.6 Å². The Morgan fingerprint density at radius 3 is 2.20 bits per heavy atom. The van der Waals surface area contributed by atoms with Gasteiger partial charge in [0, 0.05) is 10.8 Å². The molecule has 4 heteroatoms. The van der Waals surface area contributed by atoms with Gasteiger partial charge in [0.05, 0.1) is 12.0 Å². The van der Waals surface area contributed by atoms with Gasteiger partial charge in [0.2, 0.25) is 0 Å². The lowest BCUT2D eigenvalue weighted by Gasteiger charge is -2.14. The van der Waals surface area contributed by atoms with E-state index < -0.39 is 6.10 Å². The Morgan fingerprint density at radius 1 is 1.05 bits per heavy atom. The SMILES string of the molecule is CCC(O)COc1ccc(OCCCl)c2ccccc12. The van der Waals surface area contributed by atoms with Crippen LogP contribution in [0.1, 0.15) is 13.3 Å². The highest BCUT2D eigenvalue weighted by atomic mass is 35.5. The van der Waals surface area contributed by atoms with Crippen LogP contribution in [0.4, 0.5) is 0 Å². The Bertz CT molecular complexity index is 556. The highest BCUT2D eigenvalue weighted by Crippen LogP contribution is 2.33. The van der Waals surface area contributed by atoms with Gasteiger partial charge in [-0.3, -0.25) is 0 Å². The van der Waals surface area contributed by atoms with E-state index in [9.17, 15) is 5.11 Å². The van der Waals surface area contributed by atoms with Crippen molar-refractivity contribution in [3.63, 3.8) is 0 Å². The van der Waals surface area contributed by atoms with Crippen molar-refractivity contribution in [3.05, 3.63) is 36.4 Å². The molecule has 0 radical (unpaired) electrons. The summed E-state index contributed by atoms with van der Waals surface area (Å²) in [5, 5.41) is 11.6. The summed E-state index contributed by atoms with van der Waals surface area (Å²) in [6.07, 6.45) is 0.232. The minimum absolute atomic E-state index is 0.294. The largest absolute Gasteiger partial charge is 0.492 e. The van der Waals surface area contributed by atoms with Crippen molar-refractivity contribution < 1.29 is 14.6 Å². The molecule has 1 atom stereocenters. The predicted octanol–water partition coefficient (Wildman–Crippen LogP) is 3.61. The van der Waals surface area contributed by atoms with Crippen molar-refractivity contribution in [1.82, 2.24) is 0 Å². The van der Waals surface area contributed by atoms with E-state index in [1.54, 1.807) is 0 Å². The Morgan fingerprint density at radius 2 is 1.65 bits per heavy atom. The molecule has 108 valence electrons. The summed E-state index contributed by atoms with van der Waals surface area (Å²) in [6.45, 7) is 2.69. The van der Waals surface area contributed by atoms with Gasteiger partial charge in [0.25, 0.3) is 0 Å². The van der Waals surface area contributed by atoms with Crippen LogP contribution < -0.4 is 9.47 Å². The Hall–Kier alpha value is -1.45. The molecule has 0 bridgehead atoms. The van der Waals surface area contributed by atoms with Crippen molar-refractivity contribution in [1.29, 1.82) is 0 Å². The van der Waals surface area contributed by atoms with Crippen LogP contribution in [0.2, 0.25) is 0 Å². The first-order valence-electron chi connectivity index (χ1n) is 6.77. The summed E-state index contributed by atoms with van der Waals surface area (Å²) in [6, 6.07) is 11.6. The van der Waals surface area contributed by atoms with Gasteiger partial charge in [-0.2, -0.15) is 0 Å². The molecule has 20 heavy (non-hydrogen) atoms. The summed E-state index contributed by atoms with van der Waals surface area (Å²) in [5.74, 6) is 2.01. The minimum Gasteiger partial charge on any atom is -0.492 e. The van der Waals surface area contributed by atoms with Crippen molar-refractivity contribution in [2.75, 3.05) is 19.1 Å². The third kappa shape index (κ3) is 3.56. The quantitative estimate of drug-likeness (QED) is 0.793. The molecule has 2 rings (SSSR count). The molecular formula is C16H19ClO3. The van der Waals surface area contributed by atoms with E-state index in [0.717, 1.165) is 22.3 Å². The van der Waals surface area contributed by atoms with Crippen LogP contribution in [-0.4, -0.2) is 30.3 Å². The third-order valence-corrected chi connectivity index (χ3v) is 3.24. The van der Waals surface area contributed by atoms with Gasteiger partial charge in [0.1, 0.15) is 24.7 Å². The van der Waals surface area contributed by atoms with Gasteiger partial charge in [-0.05, 0) is 18.6 Å². The average Bonchev–Trinajstić information content (AvgIpc) is 2.50. The van der Waals surface area contributed by atoms with Crippen LogP contribution in [0.15, 0.2) is 36.4 Å². The number of aliphatic hydroxyl groups excluding tert-OH is 1. The molecule has 0 saturated carbocycles. The average molecular weight is 295 g/mol. The maximum atomic E-state index is 9.60. The van der Waals surface area contributed by atoms with Crippen molar-refractivity contribution in [3.8, 4) is 11.5 Å². The van der Waals surface area contributed by atoms with E-state index in [2.05, 4.69) is 0 Å². The normalized spacial score (nSPS) is 12.3. The molecule has 2 aromatic carbocycles. The van der Waals surface area contributed by atoms with Crippen LogP contribution in [0.5, 0.6) is 11.5 Å². The predicted molar refractivity (Wildman–Crippen MR) is 82.0 cm³/mol. The van der Waals surface area contributed by atoms with Crippen LogP contribution in [0.25, 0.3) is 10.8 Å². The van der Waals surface area contributed by atoms with E-state index in [1.165, 1.54) is 0 Å². The number of ether oxygens (including phenoxy) is 2. The molecule has 0 fully saturated rings. The Labute approximate surface area is 124 Å². The molecule has 2 aromatic rings. The summed E-state index contributed by atoms with van der Waals surface area (Å²) >= 11 is 5.66. The number of fused-ring (bicyclic) bond motifs is 1. The second-order valence-corrected chi connectivity index (χ2v) is 4.90. The van der Waals surface area contributed by atoms with Gasteiger partial charge >= 0.3 is 0 Å². The standard InChI is InChI=1S/C16H19ClO3/c1-2-12(18)11-20-16-8-7-15(19-10-9-17)13-5-3-4-6-14(13)16/h3-8,12,18H,2,9-11H2,1H3. The first-order chi connectivity index (χ1) is 9.76. The molecule has 0 heterocycles. The lowest BCUT2D eigenvalue weighted by atomic mass is 10.1. The first kappa shape index (κ1) is 14.9. The molecule has 0 amide bonds. The third-order valence-electron chi connectivity index (χ3n) is 3.08. The first-order valence-corrected chi connectivity index (χ1v) is 7.31. The molecule has 0 aliphatic heterocycles. The van der Waals surface area contributed by atoms with Gasteiger partial charge in [0.15, 0.2) is 0 Å². The molecule has 0 aliphatic rings. The topological polar surface area (TPSA) is 38.7 Å². The van der Waals surface area contributed by atoms with Crippen LogP contribution in [0.3, 0.4) is 0 Å². The fourth-order valence-corrected chi connectivity index (χ4v) is 2.03. The van der Waals surface area contributed by atoms with Gasteiger partial charge in [-0.1, -0.05) is 31.2 Å². The highest BCUT2D eigenvalue weighted by molar-refractivity contribution is 6.18. The Balaban J connectivity index is 2.28. The Kier molecular flexibility index (Phi) is 5.50. The minimum atomic E-state index is -0.444. The lowest BCUT2D eigenvalue weighted by Crippen LogP contribution is -2.16. The number of hydrogen-bond acceptors (Lipinski definition) is 3. The molecule has 0 spiro atoms. The maximum absolute atomic E-state index is 9.60. The summed E-state index contributed by atoms with van der Waals surface area (Å²) in [5.41, 5.74) is 0. The number of rotatable bonds is 7. The second-order valence-electron chi connectivity index (χ2n) is 4.52. The van der Waals surface area contributed by atoms with E-state index in [1.807, 2.05) is 43.3 Å². The second kappa shape index (κ2) is 7.36. The van der Waals surface area contributed by atoms with Crippen LogP contribution in [0, 0.1) is 0 Å². The number of benzene rings is 2. The fraction of sp³-hybridized carbons (Fsp3) is 0.375. The highest BCUT2D eigenvalue weighted by Gasteiger charge is 2.09. The molecule has 1 unspecified atom stereocenters. The van der Waals surface area contributed by atoms with Gasteiger partial charge < -0.3 is 14.6 Å². The maximum Gasteiger partial charge on any atom is 0.127 e. The molecule has 0 aliphatic carbocycles. The summed E-state index contributed by atoms with van der Waals surface area (Å²) < 4.78 is 11.3. The van der Waals surface area contributed by atoms with Crippen LogP contribution >= 0.6 is 11.6 Å². The van der Waals surface area contributed by atoms with Crippen LogP contribution in [-0.2, 0) is 0 Å². The zero-order valence-corrected chi connectivity index (χ0v) is 12.3. The number of halogens is 1. The molecule has 3 nitrogen and oxygen atoms in total. The fourth-order valence-electron chi connectivity index (χ4n) is 1.95. The van der Waals surface area contributed by atoms with Crippen molar-refractivity contribution in [2.45, 2.75) is 19.4 Å². The van der Waals surface area contributed by atoms with E-state index in [-0.39, 0.29) is 0 Å². The summed E-state index contributed by atoms with van der Waals surface area (Å²) in [4.78, 5) is 0. The van der Waals surface area contributed by atoms with E-state index in [0.29, 0.717) is 25.5 Å². The molecule has 0 aromatic heterocycles.